The van der Waals surface area contributed by atoms with E-state index in [2.05, 4.69) is 19.1 Å². The van der Waals surface area contributed by atoms with Crippen molar-refractivity contribution in [2.45, 2.75) is 13.3 Å². The number of hydrogen-bond donors (Lipinski definition) is 1. The van der Waals surface area contributed by atoms with Gasteiger partial charge in [-0.05, 0) is 31.2 Å². The fourth-order valence-corrected chi connectivity index (χ4v) is 3.18. The molecule has 0 aliphatic carbocycles. The number of nitrogen functional groups attached to an aromatic ring is 1. The van der Waals surface area contributed by atoms with Gasteiger partial charge < -0.3 is 10.5 Å². The summed E-state index contributed by atoms with van der Waals surface area (Å²) >= 11 is 1.74. The van der Waals surface area contributed by atoms with Crippen molar-refractivity contribution < 1.29 is 4.74 Å². The smallest absolute Gasteiger partial charge is 0.119 e. The maximum atomic E-state index is 5.73. The van der Waals surface area contributed by atoms with Gasteiger partial charge >= 0.3 is 0 Å². The molecule has 0 aliphatic rings. The summed E-state index contributed by atoms with van der Waals surface area (Å²) in [6.45, 7) is 2.73. The van der Waals surface area contributed by atoms with Crippen LogP contribution < -0.4 is 10.5 Å². The summed E-state index contributed by atoms with van der Waals surface area (Å²) in [4.78, 5) is 5.99. The van der Waals surface area contributed by atoms with E-state index in [4.69, 9.17) is 15.5 Å². The zero-order chi connectivity index (χ0) is 15.4. The molecule has 22 heavy (non-hydrogen) atoms. The van der Waals surface area contributed by atoms with Gasteiger partial charge in [-0.25, -0.2) is 4.98 Å². The topological polar surface area (TPSA) is 48.1 Å². The van der Waals surface area contributed by atoms with E-state index < -0.39 is 0 Å². The van der Waals surface area contributed by atoms with Gasteiger partial charge in [0, 0.05) is 22.5 Å². The third-order valence-electron chi connectivity index (χ3n) is 3.35. The van der Waals surface area contributed by atoms with E-state index in [-0.39, 0.29) is 0 Å². The number of aromatic nitrogens is 1. The normalized spacial score (nSPS) is 10.6. The minimum absolute atomic E-state index is 0.616. The van der Waals surface area contributed by atoms with Crippen molar-refractivity contribution >= 4 is 17.0 Å². The quantitative estimate of drug-likeness (QED) is 0.714. The van der Waals surface area contributed by atoms with Gasteiger partial charge in [0.2, 0.25) is 0 Å². The first-order valence-electron chi connectivity index (χ1n) is 7.22. The van der Waals surface area contributed by atoms with Crippen molar-refractivity contribution in [2.75, 3.05) is 12.3 Å². The van der Waals surface area contributed by atoms with E-state index >= 15 is 0 Å². The van der Waals surface area contributed by atoms with Crippen LogP contribution in [-0.2, 0) is 6.42 Å². The van der Waals surface area contributed by atoms with E-state index in [0.29, 0.717) is 6.61 Å². The second-order valence-electron chi connectivity index (χ2n) is 5.05. The van der Waals surface area contributed by atoms with Crippen LogP contribution in [0.4, 0.5) is 5.69 Å². The fraction of sp³-hybridized carbons (Fsp3) is 0.167. The number of aryl methyl sites for hydroxylation is 1. The molecule has 0 radical (unpaired) electrons. The molecule has 3 aromatic rings. The van der Waals surface area contributed by atoms with Crippen LogP contribution in [-0.4, -0.2) is 11.6 Å². The van der Waals surface area contributed by atoms with Gasteiger partial charge in [0.1, 0.15) is 5.75 Å². The summed E-state index contributed by atoms with van der Waals surface area (Å²) in [7, 11) is 0. The molecule has 2 aromatic carbocycles. The molecule has 1 aromatic heterocycles. The van der Waals surface area contributed by atoms with Crippen LogP contribution in [0, 0.1) is 6.92 Å². The molecule has 1 heterocycles. The highest BCUT2D eigenvalue weighted by molar-refractivity contribution is 7.12. The maximum Gasteiger partial charge on any atom is 0.119 e. The van der Waals surface area contributed by atoms with Gasteiger partial charge in [-0.3, -0.25) is 0 Å². The van der Waals surface area contributed by atoms with Gasteiger partial charge in [-0.1, -0.05) is 30.3 Å². The second kappa shape index (κ2) is 6.62. The molecule has 112 valence electrons. The number of ether oxygens (including phenoxy) is 1. The Morgan fingerprint density at radius 2 is 1.77 bits per heavy atom. The Bertz CT molecular complexity index is 736. The molecule has 0 bridgehead atoms. The van der Waals surface area contributed by atoms with Crippen LogP contribution in [0.1, 0.15) is 9.88 Å². The lowest BCUT2D eigenvalue weighted by Crippen LogP contribution is -2.01. The van der Waals surface area contributed by atoms with Gasteiger partial charge in [0.25, 0.3) is 0 Å². The van der Waals surface area contributed by atoms with Crippen LogP contribution in [0.5, 0.6) is 5.75 Å². The fourth-order valence-electron chi connectivity index (χ4n) is 2.24. The number of nitrogens with zero attached hydrogens (tertiary/aromatic N) is 1. The molecule has 0 spiro atoms. The molecule has 0 amide bonds. The molecule has 0 aliphatic heterocycles. The molecule has 3 nitrogen and oxygen atoms in total. The molecular formula is C18H18N2OS. The standard InChI is InChI=1S/C18H18N2OS/c1-13-18(14-5-3-2-4-6-14)20-17(22-13)11-12-21-16-9-7-15(19)8-10-16/h2-10H,11-12,19H2,1H3. The SMILES string of the molecule is Cc1sc(CCOc2ccc(N)cc2)nc1-c1ccccc1. The number of nitrogens with two attached hydrogens (primary N) is 1. The van der Waals surface area contributed by atoms with E-state index in [1.54, 1.807) is 11.3 Å². The van der Waals surface area contributed by atoms with E-state index in [0.717, 1.165) is 28.6 Å². The van der Waals surface area contributed by atoms with Crippen molar-refractivity contribution in [2.24, 2.45) is 0 Å². The molecular weight excluding hydrogens is 292 g/mol. The highest BCUT2D eigenvalue weighted by Gasteiger charge is 2.09. The maximum absolute atomic E-state index is 5.73. The van der Waals surface area contributed by atoms with Crippen LogP contribution >= 0.6 is 11.3 Å². The lowest BCUT2D eigenvalue weighted by molar-refractivity contribution is 0.322. The van der Waals surface area contributed by atoms with Crippen molar-refractivity contribution in [1.82, 2.24) is 4.98 Å². The monoisotopic (exact) mass is 310 g/mol. The Hall–Kier alpha value is -2.33. The van der Waals surface area contributed by atoms with Crippen LogP contribution in [0.2, 0.25) is 0 Å². The van der Waals surface area contributed by atoms with Crippen molar-refractivity contribution in [3.63, 3.8) is 0 Å². The first kappa shape index (κ1) is 14.6. The first-order valence-corrected chi connectivity index (χ1v) is 8.04. The van der Waals surface area contributed by atoms with Gasteiger partial charge in [-0.2, -0.15) is 0 Å². The molecule has 0 saturated carbocycles. The lowest BCUT2D eigenvalue weighted by atomic mass is 10.1. The zero-order valence-electron chi connectivity index (χ0n) is 12.5. The molecule has 4 heteroatoms. The summed E-state index contributed by atoms with van der Waals surface area (Å²) in [5.74, 6) is 0.839. The largest absolute Gasteiger partial charge is 0.493 e. The van der Waals surface area contributed by atoms with Crippen molar-refractivity contribution in [1.29, 1.82) is 0 Å². The molecule has 3 rings (SSSR count). The first-order chi connectivity index (χ1) is 10.7. The minimum Gasteiger partial charge on any atom is -0.493 e. The second-order valence-corrected chi connectivity index (χ2v) is 6.33. The average Bonchev–Trinajstić information content (AvgIpc) is 2.91. The van der Waals surface area contributed by atoms with Crippen LogP contribution in [0.3, 0.4) is 0 Å². The van der Waals surface area contributed by atoms with E-state index in [1.165, 1.54) is 10.4 Å². The Labute approximate surface area is 134 Å². The van der Waals surface area contributed by atoms with Gasteiger partial charge in [0.15, 0.2) is 0 Å². The molecule has 2 N–H and O–H groups in total. The Morgan fingerprint density at radius 1 is 1.05 bits per heavy atom. The third kappa shape index (κ3) is 3.46. The number of rotatable bonds is 5. The molecule has 0 unspecified atom stereocenters. The number of thiazole rings is 1. The number of anilines is 1. The zero-order valence-corrected chi connectivity index (χ0v) is 13.3. The van der Waals surface area contributed by atoms with Gasteiger partial charge in [0.05, 0.1) is 17.3 Å². The summed E-state index contributed by atoms with van der Waals surface area (Å²) in [5.41, 5.74) is 8.65. The number of benzene rings is 2. The third-order valence-corrected chi connectivity index (χ3v) is 4.38. The summed E-state index contributed by atoms with van der Waals surface area (Å²) < 4.78 is 5.73. The predicted molar refractivity (Wildman–Crippen MR) is 92.3 cm³/mol. The summed E-state index contributed by atoms with van der Waals surface area (Å²) in [5, 5.41) is 1.10. The van der Waals surface area contributed by atoms with E-state index in [9.17, 15) is 0 Å². The minimum atomic E-state index is 0.616. The lowest BCUT2D eigenvalue weighted by Gasteiger charge is -2.04. The van der Waals surface area contributed by atoms with Gasteiger partial charge in [-0.15, -0.1) is 11.3 Å². The highest BCUT2D eigenvalue weighted by Crippen LogP contribution is 2.27. The van der Waals surface area contributed by atoms with E-state index in [1.807, 2.05) is 42.5 Å². The number of hydrogen-bond acceptors (Lipinski definition) is 4. The van der Waals surface area contributed by atoms with Crippen LogP contribution in [0.15, 0.2) is 54.6 Å². The Morgan fingerprint density at radius 3 is 2.50 bits per heavy atom. The molecule has 0 saturated heterocycles. The Balaban J connectivity index is 1.63. The molecule has 0 fully saturated rings. The van der Waals surface area contributed by atoms with Crippen LogP contribution in [0.25, 0.3) is 11.3 Å². The predicted octanol–water partition coefficient (Wildman–Crippen LogP) is 4.32. The summed E-state index contributed by atoms with van der Waals surface area (Å²) in [6, 6.07) is 17.7. The average molecular weight is 310 g/mol. The Kier molecular flexibility index (Phi) is 4.39. The highest BCUT2D eigenvalue weighted by atomic mass is 32.1. The summed E-state index contributed by atoms with van der Waals surface area (Å²) in [6.07, 6.45) is 0.808. The van der Waals surface area contributed by atoms with Crippen molar-refractivity contribution in [3.05, 3.63) is 64.5 Å². The van der Waals surface area contributed by atoms with Crippen molar-refractivity contribution in [3.8, 4) is 17.0 Å². The molecule has 0 atom stereocenters.